The van der Waals surface area contributed by atoms with E-state index in [1.165, 1.54) is 31.4 Å². The molecule has 0 aliphatic heterocycles. The summed E-state index contributed by atoms with van der Waals surface area (Å²) in [6.45, 7) is 0.481. The summed E-state index contributed by atoms with van der Waals surface area (Å²) in [5, 5.41) is 1.99. The standard InChI is InChI=1S/C19H16ClF4NO3/c1-27-8-9-28-17-6-4-13(21)11-16(17)25-18(26)7-3-12-2-5-15(20)14(10-12)19(22,23)24/h2-7,10-11H,8-9H2,1H3,(H,25,26). The van der Waals surface area contributed by atoms with Crippen molar-refractivity contribution in [3.8, 4) is 5.75 Å². The van der Waals surface area contributed by atoms with Gasteiger partial charge in [0.25, 0.3) is 0 Å². The van der Waals surface area contributed by atoms with Crippen molar-refractivity contribution in [2.75, 3.05) is 25.6 Å². The quantitative estimate of drug-likeness (QED) is 0.384. The molecule has 2 rings (SSSR count). The molecular formula is C19H16ClF4NO3. The van der Waals surface area contributed by atoms with Crippen LogP contribution in [0.4, 0.5) is 23.2 Å². The Labute approximate surface area is 163 Å². The topological polar surface area (TPSA) is 47.6 Å². The third kappa shape index (κ3) is 6.24. The summed E-state index contributed by atoms with van der Waals surface area (Å²) in [5.74, 6) is -1.04. The van der Waals surface area contributed by atoms with Gasteiger partial charge in [-0.1, -0.05) is 17.7 Å². The Morgan fingerprint density at radius 3 is 2.61 bits per heavy atom. The highest BCUT2D eigenvalue weighted by Gasteiger charge is 2.33. The molecule has 9 heteroatoms. The monoisotopic (exact) mass is 417 g/mol. The van der Waals surface area contributed by atoms with E-state index in [1.54, 1.807) is 0 Å². The fourth-order valence-electron chi connectivity index (χ4n) is 2.17. The first-order valence-electron chi connectivity index (χ1n) is 7.98. The van der Waals surface area contributed by atoms with Crippen molar-refractivity contribution in [2.45, 2.75) is 6.18 Å². The van der Waals surface area contributed by atoms with Gasteiger partial charge in [0.2, 0.25) is 5.91 Å². The van der Waals surface area contributed by atoms with Crippen molar-refractivity contribution in [3.63, 3.8) is 0 Å². The number of carbonyl (C=O) groups is 1. The summed E-state index contributed by atoms with van der Waals surface area (Å²) in [7, 11) is 1.49. The van der Waals surface area contributed by atoms with Gasteiger partial charge in [-0.3, -0.25) is 4.79 Å². The highest BCUT2D eigenvalue weighted by molar-refractivity contribution is 6.31. The molecule has 0 saturated carbocycles. The third-order valence-electron chi connectivity index (χ3n) is 3.47. The molecule has 0 aliphatic carbocycles. The van der Waals surface area contributed by atoms with Gasteiger partial charge in [-0.15, -0.1) is 0 Å². The Hall–Kier alpha value is -2.58. The normalized spacial score (nSPS) is 11.6. The van der Waals surface area contributed by atoms with Crippen LogP contribution in [-0.2, 0) is 15.7 Å². The maximum Gasteiger partial charge on any atom is 0.417 e. The van der Waals surface area contributed by atoms with Crippen LogP contribution in [-0.4, -0.2) is 26.2 Å². The van der Waals surface area contributed by atoms with E-state index in [1.807, 2.05) is 0 Å². The number of nitrogens with one attached hydrogen (secondary N) is 1. The molecule has 4 nitrogen and oxygen atoms in total. The molecule has 0 aliphatic rings. The zero-order valence-electron chi connectivity index (χ0n) is 14.6. The molecule has 0 bridgehead atoms. The Bertz CT molecular complexity index is 869. The molecule has 1 amide bonds. The molecule has 0 radical (unpaired) electrons. The summed E-state index contributed by atoms with van der Waals surface area (Å²) in [5.41, 5.74) is -0.795. The molecular weight excluding hydrogens is 402 g/mol. The van der Waals surface area contributed by atoms with Gasteiger partial charge in [0.1, 0.15) is 18.2 Å². The van der Waals surface area contributed by atoms with E-state index < -0.39 is 28.5 Å². The van der Waals surface area contributed by atoms with Crippen LogP contribution >= 0.6 is 11.6 Å². The third-order valence-corrected chi connectivity index (χ3v) is 3.80. The fourth-order valence-corrected chi connectivity index (χ4v) is 2.40. The summed E-state index contributed by atoms with van der Waals surface area (Å²) >= 11 is 5.55. The Morgan fingerprint density at radius 1 is 1.18 bits per heavy atom. The fraction of sp³-hybridized carbons (Fsp3) is 0.211. The van der Waals surface area contributed by atoms with E-state index in [9.17, 15) is 22.4 Å². The first kappa shape index (κ1) is 21.7. The molecule has 0 atom stereocenters. The van der Waals surface area contributed by atoms with E-state index in [0.29, 0.717) is 6.61 Å². The van der Waals surface area contributed by atoms with Crippen molar-refractivity contribution in [1.29, 1.82) is 0 Å². The smallest absolute Gasteiger partial charge is 0.417 e. The van der Waals surface area contributed by atoms with Crippen LogP contribution in [0.3, 0.4) is 0 Å². The number of alkyl halides is 3. The second-order valence-electron chi connectivity index (χ2n) is 5.54. The number of ether oxygens (including phenoxy) is 2. The van der Waals surface area contributed by atoms with Crippen molar-refractivity contribution >= 4 is 29.3 Å². The number of carbonyl (C=O) groups excluding carboxylic acids is 1. The number of amides is 1. The van der Waals surface area contributed by atoms with Gasteiger partial charge in [0.15, 0.2) is 0 Å². The van der Waals surface area contributed by atoms with Gasteiger partial charge < -0.3 is 14.8 Å². The Balaban J connectivity index is 2.13. The van der Waals surface area contributed by atoms with E-state index in [0.717, 1.165) is 24.3 Å². The molecule has 0 fully saturated rings. The summed E-state index contributed by atoms with van der Waals surface area (Å²) < 4.78 is 62.3. The number of anilines is 1. The lowest BCUT2D eigenvalue weighted by Gasteiger charge is -2.11. The van der Waals surface area contributed by atoms with Crippen LogP contribution in [0.25, 0.3) is 6.08 Å². The SMILES string of the molecule is COCCOc1ccc(F)cc1NC(=O)C=Cc1ccc(Cl)c(C(F)(F)F)c1. The molecule has 0 aromatic heterocycles. The number of rotatable bonds is 7. The average Bonchev–Trinajstić information content (AvgIpc) is 2.62. The van der Waals surface area contributed by atoms with E-state index >= 15 is 0 Å². The van der Waals surface area contributed by atoms with E-state index in [4.69, 9.17) is 21.1 Å². The van der Waals surface area contributed by atoms with Crippen molar-refractivity contribution in [1.82, 2.24) is 0 Å². The van der Waals surface area contributed by atoms with Crippen molar-refractivity contribution in [3.05, 3.63) is 64.4 Å². The van der Waals surface area contributed by atoms with Gasteiger partial charge in [-0.25, -0.2) is 4.39 Å². The minimum atomic E-state index is -4.61. The average molecular weight is 418 g/mol. The molecule has 0 spiro atoms. The van der Waals surface area contributed by atoms with Crippen LogP contribution in [0.2, 0.25) is 5.02 Å². The summed E-state index contributed by atoms with van der Waals surface area (Å²) in [6.07, 6.45) is -2.40. The molecule has 28 heavy (non-hydrogen) atoms. The van der Waals surface area contributed by atoms with Gasteiger partial charge in [-0.05, 0) is 35.9 Å². The van der Waals surface area contributed by atoms with E-state index in [2.05, 4.69) is 5.32 Å². The lowest BCUT2D eigenvalue weighted by molar-refractivity contribution is -0.137. The molecule has 0 saturated heterocycles. The van der Waals surface area contributed by atoms with Gasteiger partial charge in [0, 0.05) is 19.3 Å². The molecule has 0 heterocycles. The summed E-state index contributed by atoms with van der Waals surface area (Å²) in [4.78, 5) is 12.1. The van der Waals surface area contributed by atoms with Crippen molar-refractivity contribution in [2.24, 2.45) is 0 Å². The van der Waals surface area contributed by atoms with Crippen LogP contribution < -0.4 is 10.1 Å². The number of benzene rings is 2. The second kappa shape index (κ2) is 9.57. The lowest BCUT2D eigenvalue weighted by Crippen LogP contribution is -2.11. The van der Waals surface area contributed by atoms with Gasteiger partial charge >= 0.3 is 6.18 Å². The predicted octanol–water partition coefficient (Wildman–Crippen LogP) is 5.18. The summed E-state index contributed by atoms with van der Waals surface area (Å²) in [6, 6.07) is 6.84. The van der Waals surface area contributed by atoms with Gasteiger partial charge in [0.05, 0.1) is 22.9 Å². The number of methoxy groups -OCH3 is 1. The minimum absolute atomic E-state index is 0.0813. The van der Waals surface area contributed by atoms with Crippen LogP contribution in [0.5, 0.6) is 5.75 Å². The van der Waals surface area contributed by atoms with Crippen LogP contribution in [0.15, 0.2) is 42.5 Å². The van der Waals surface area contributed by atoms with Crippen molar-refractivity contribution < 1.29 is 31.8 Å². The number of hydrogen-bond donors (Lipinski definition) is 1. The van der Waals surface area contributed by atoms with Crippen LogP contribution in [0.1, 0.15) is 11.1 Å². The molecule has 2 aromatic rings. The maximum atomic E-state index is 13.5. The largest absolute Gasteiger partial charge is 0.489 e. The maximum absolute atomic E-state index is 13.5. The second-order valence-corrected chi connectivity index (χ2v) is 5.95. The molecule has 0 unspecified atom stereocenters. The lowest BCUT2D eigenvalue weighted by atomic mass is 10.1. The number of halogens is 5. The van der Waals surface area contributed by atoms with Crippen LogP contribution in [0, 0.1) is 5.82 Å². The van der Waals surface area contributed by atoms with E-state index in [-0.39, 0.29) is 23.6 Å². The number of hydrogen-bond acceptors (Lipinski definition) is 3. The Morgan fingerprint density at radius 2 is 1.93 bits per heavy atom. The zero-order valence-corrected chi connectivity index (χ0v) is 15.4. The molecule has 150 valence electrons. The highest BCUT2D eigenvalue weighted by Crippen LogP contribution is 2.35. The zero-order chi connectivity index (χ0) is 20.7. The molecule has 1 N–H and O–H groups in total. The Kier molecular flexibility index (Phi) is 7.42. The highest BCUT2D eigenvalue weighted by atomic mass is 35.5. The first-order valence-corrected chi connectivity index (χ1v) is 8.35. The minimum Gasteiger partial charge on any atom is -0.489 e. The molecule has 2 aromatic carbocycles. The van der Waals surface area contributed by atoms with Gasteiger partial charge in [-0.2, -0.15) is 13.2 Å². The predicted molar refractivity (Wildman–Crippen MR) is 97.9 cm³/mol. The first-order chi connectivity index (χ1) is 13.2.